The number of amides is 2. The summed E-state index contributed by atoms with van der Waals surface area (Å²) in [5, 5.41) is 12.7. The van der Waals surface area contributed by atoms with Gasteiger partial charge in [-0.05, 0) is 6.07 Å². The minimum absolute atomic E-state index is 0.226. The number of anilines is 1. The van der Waals surface area contributed by atoms with Crippen molar-refractivity contribution < 1.29 is 4.79 Å². The number of hydrogen-bond acceptors (Lipinski definition) is 2. The molecule has 1 aliphatic heterocycles. The number of H-pyrrole nitrogens is 1. The van der Waals surface area contributed by atoms with Crippen molar-refractivity contribution in [1.29, 1.82) is 0 Å². The van der Waals surface area contributed by atoms with Crippen LogP contribution in [0.5, 0.6) is 0 Å². The minimum atomic E-state index is -0.267. The van der Waals surface area contributed by atoms with E-state index >= 15 is 0 Å². The molecule has 0 saturated carbocycles. The molecule has 3 N–H and O–H groups in total. The molecule has 2 amide bonds. The molecule has 6 heteroatoms. The summed E-state index contributed by atoms with van der Waals surface area (Å²) in [6.45, 7) is 0. The van der Waals surface area contributed by atoms with Gasteiger partial charge in [0.05, 0.1) is 22.9 Å². The quantitative estimate of drug-likeness (QED) is 0.725. The highest BCUT2D eigenvalue weighted by Crippen LogP contribution is 2.35. The van der Waals surface area contributed by atoms with Gasteiger partial charge in [-0.1, -0.05) is 23.7 Å². The molecule has 0 fully saturated rings. The van der Waals surface area contributed by atoms with E-state index in [1.54, 1.807) is 18.5 Å². The van der Waals surface area contributed by atoms with E-state index in [-0.39, 0.29) is 12.1 Å². The first-order chi connectivity index (χ1) is 8.25. The van der Waals surface area contributed by atoms with Crippen LogP contribution in [0.15, 0.2) is 30.6 Å². The molecule has 5 nitrogen and oxygen atoms in total. The van der Waals surface area contributed by atoms with Crippen LogP contribution in [0.4, 0.5) is 10.5 Å². The fraction of sp³-hybridized carbons (Fsp3) is 0.0909. The van der Waals surface area contributed by atoms with Crippen LogP contribution in [0.25, 0.3) is 0 Å². The van der Waals surface area contributed by atoms with Crippen molar-refractivity contribution in [2.24, 2.45) is 0 Å². The largest absolute Gasteiger partial charge is 0.327 e. The fourth-order valence-electron chi connectivity index (χ4n) is 1.95. The lowest BCUT2D eigenvalue weighted by Gasteiger charge is -2.27. The number of nitrogens with zero attached hydrogens (tertiary/aromatic N) is 1. The summed E-state index contributed by atoms with van der Waals surface area (Å²) in [5.74, 6) is 0. The Kier molecular flexibility index (Phi) is 2.26. The molecule has 2 aromatic rings. The van der Waals surface area contributed by atoms with Gasteiger partial charge in [-0.25, -0.2) is 4.79 Å². The number of benzene rings is 1. The lowest BCUT2D eigenvalue weighted by Crippen LogP contribution is -2.38. The molecule has 1 atom stereocenters. The highest BCUT2D eigenvalue weighted by Gasteiger charge is 2.27. The van der Waals surface area contributed by atoms with E-state index in [9.17, 15) is 4.79 Å². The molecule has 2 heterocycles. The van der Waals surface area contributed by atoms with Crippen LogP contribution in [0.3, 0.4) is 0 Å². The summed E-state index contributed by atoms with van der Waals surface area (Å²) in [6, 6.07) is 5.03. The number of para-hydroxylation sites is 1. The number of carbonyl (C=O) groups is 1. The Morgan fingerprint density at radius 2 is 2.24 bits per heavy atom. The number of nitrogens with one attached hydrogen (secondary N) is 3. The summed E-state index contributed by atoms with van der Waals surface area (Å²) in [5.41, 5.74) is 2.48. The first-order valence-corrected chi connectivity index (χ1v) is 5.48. The van der Waals surface area contributed by atoms with Crippen LogP contribution in [0, 0.1) is 0 Å². The summed E-state index contributed by atoms with van der Waals surface area (Å²) in [7, 11) is 0. The van der Waals surface area contributed by atoms with E-state index in [0.717, 1.165) is 11.1 Å². The predicted molar refractivity (Wildman–Crippen MR) is 64.0 cm³/mol. The maximum absolute atomic E-state index is 11.6. The van der Waals surface area contributed by atoms with Gasteiger partial charge < -0.3 is 10.6 Å². The van der Waals surface area contributed by atoms with Gasteiger partial charge in [-0.15, -0.1) is 0 Å². The van der Waals surface area contributed by atoms with Crippen LogP contribution in [0.1, 0.15) is 17.2 Å². The molecule has 0 saturated heterocycles. The van der Waals surface area contributed by atoms with E-state index in [0.29, 0.717) is 10.7 Å². The summed E-state index contributed by atoms with van der Waals surface area (Å²) in [4.78, 5) is 11.6. The first kappa shape index (κ1) is 10.2. The maximum atomic E-state index is 11.6. The smallest absolute Gasteiger partial charge is 0.320 e. The summed E-state index contributed by atoms with van der Waals surface area (Å²) in [6.07, 6.45) is 3.43. The number of fused-ring (bicyclic) bond motifs is 1. The minimum Gasteiger partial charge on any atom is -0.327 e. The second-order valence-electron chi connectivity index (χ2n) is 3.77. The predicted octanol–water partition coefficient (Wildman–Crippen LogP) is 2.29. The van der Waals surface area contributed by atoms with E-state index in [1.165, 1.54) is 0 Å². The van der Waals surface area contributed by atoms with Crippen LogP contribution < -0.4 is 10.6 Å². The van der Waals surface area contributed by atoms with Gasteiger partial charge in [0.1, 0.15) is 0 Å². The molecule has 0 aliphatic carbocycles. The second kappa shape index (κ2) is 3.78. The number of hydrogen-bond donors (Lipinski definition) is 3. The zero-order chi connectivity index (χ0) is 11.8. The van der Waals surface area contributed by atoms with Gasteiger partial charge in [0.15, 0.2) is 0 Å². The third kappa shape index (κ3) is 1.64. The molecule has 3 rings (SSSR count). The number of aromatic amines is 1. The second-order valence-corrected chi connectivity index (χ2v) is 4.17. The monoisotopic (exact) mass is 248 g/mol. The Labute approximate surface area is 102 Å². The molecule has 1 aromatic heterocycles. The highest BCUT2D eigenvalue weighted by atomic mass is 35.5. The molecular formula is C11H9ClN4O. The van der Waals surface area contributed by atoms with Gasteiger partial charge in [-0.2, -0.15) is 5.10 Å². The first-order valence-electron chi connectivity index (χ1n) is 5.10. The average Bonchev–Trinajstić information content (AvgIpc) is 2.83. The fourth-order valence-corrected chi connectivity index (χ4v) is 2.18. The number of aromatic nitrogens is 2. The number of rotatable bonds is 1. The molecule has 17 heavy (non-hydrogen) atoms. The van der Waals surface area contributed by atoms with E-state index in [2.05, 4.69) is 20.8 Å². The molecule has 0 bridgehead atoms. The number of urea groups is 1. The van der Waals surface area contributed by atoms with E-state index in [4.69, 9.17) is 11.6 Å². The van der Waals surface area contributed by atoms with Crippen LogP contribution >= 0.6 is 11.6 Å². The summed E-state index contributed by atoms with van der Waals surface area (Å²) >= 11 is 6.07. The normalized spacial score (nSPS) is 18.2. The van der Waals surface area contributed by atoms with Crippen molar-refractivity contribution in [2.45, 2.75) is 6.04 Å². The van der Waals surface area contributed by atoms with Crippen molar-refractivity contribution in [1.82, 2.24) is 15.5 Å². The van der Waals surface area contributed by atoms with Crippen LogP contribution in [-0.2, 0) is 0 Å². The standard InChI is InChI=1S/C11H9ClN4O/c12-8-3-1-2-7-9(6-4-13-14-5-6)15-11(17)16-10(7)8/h1-5,9H,(H,13,14)(H2,15,16,17). The lowest BCUT2D eigenvalue weighted by atomic mass is 9.98. The van der Waals surface area contributed by atoms with Crippen LogP contribution in [-0.4, -0.2) is 16.2 Å². The maximum Gasteiger partial charge on any atom is 0.320 e. The van der Waals surface area contributed by atoms with Gasteiger partial charge in [0, 0.05) is 17.3 Å². The van der Waals surface area contributed by atoms with Gasteiger partial charge >= 0.3 is 6.03 Å². The Balaban J connectivity index is 2.15. The SMILES string of the molecule is O=C1Nc2c(Cl)cccc2C(c2cn[nH]c2)N1. The van der Waals surface area contributed by atoms with Gasteiger partial charge in [0.25, 0.3) is 0 Å². The number of halogens is 1. The highest BCUT2D eigenvalue weighted by molar-refractivity contribution is 6.34. The topological polar surface area (TPSA) is 69.8 Å². The molecule has 0 radical (unpaired) electrons. The van der Waals surface area contributed by atoms with Crippen molar-refractivity contribution >= 4 is 23.3 Å². The Morgan fingerprint density at radius 3 is 3.00 bits per heavy atom. The van der Waals surface area contributed by atoms with Crippen molar-refractivity contribution in [2.75, 3.05) is 5.32 Å². The Hall–Kier alpha value is -2.01. The van der Waals surface area contributed by atoms with E-state index < -0.39 is 0 Å². The van der Waals surface area contributed by atoms with Crippen molar-refractivity contribution in [3.05, 3.63) is 46.7 Å². The van der Waals surface area contributed by atoms with Crippen molar-refractivity contribution in [3.63, 3.8) is 0 Å². The third-order valence-electron chi connectivity index (χ3n) is 2.72. The van der Waals surface area contributed by atoms with Crippen LogP contribution in [0.2, 0.25) is 5.02 Å². The molecule has 1 aromatic carbocycles. The molecular weight excluding hydrogens is 240 g/mol. The molecule has 0 spiro atoms. The Morgan fingerprint density at radius 1 is 1.35 bits per heavy atom. The average molecular weight is 249 g/mol. The third-order valence-corrected chi connectivity index (χ3v) is 3.04. The zero-order valence-corrected chi connectivity index (χ0v) is 9.45. The van der Waals surface area contributed by atoms with Gasteiger partial charge in [-0.3, -0.25) is 5.10 Å². The molecule has 1 unspecified atom stereocenters. The molecule has 86 valence electrons. The van der Waals surface area contributed by atoms with Crippen molar-refractivity contribution in [3.8, 4) is 0 Å². The Bertz CT molecular complexity index is 567. The van der Waals surface area contributed by atoms with Gasteiger partial charge in [0.2, 0.25) is 0 Å². The lowest BCUT2D eigenvalue weighted by molar-refractivity contribution is 0.249. The molecule has 1 aliphatic rings. The summed E-state index contributed by atoms with van der Waals surface area (Å²) < 4.78 is 0. The van der Waals surface area contributed by atoms with E-state index in [1.807, 2.05) is 12.1 Å². The zero-order valence-electron chi connectivity index (χ0n) is 8.70. The number of carbonyl (C=O) groups excluding carboxylic acids is 1.